The van der Waals surface area contributed by atoms with Gasteiger partial charge in [0.1, 0.15) is 0 Å². The molecular weight excluding hydrogens is 319 g/mol. The summed E-state index contributed by atoms with van der Waals surface area (Å²) in [4.78, 5) is 12.4. The SMILES string of the molecule is CC1(CO)CCCC1NC(=O)C1CC1c1ccc(C(F)(F)F)cc1. The third-order valence-corrected chi connectivity index (χ3v) is 5.55. The average molecular weight is 341 g/mol. The van der Waals surface area contributed by atoms with E-state index in [0.717, 1.165) is 37.0 Å². The Balaban J connectivity index is 1.60. The molecule has 0 radical (unpaired) electrons. The molecule has 4 atom stereocenters. The van der Waals surface area contributed by atoms with Gasteiger partial charge in [-0.1, -0.05) is 25.5 Å². The molecule has 0 saturated heterocycles. The van der Waals surface area contributed by atoms with Crippen molar-refractivity contribution in [1.82, 2.24) is 5.32 Å². The lowest BCUT2D eigenvalue weighted by Crippen LogP contribution is -2.45. The summed E-state index contributed by atoms with van der Waals surface area (Å²) in [5.74, 6) is -0.231. The molecule has 1 aromatic rings. The highest BCUT2D eigenvalue weighted by Gasteiger charge is 2.47. The molecular formula is C18H22F3NO2. The smallest absolute Gasteiger partial charge is 0.396 e. The quantitative estimate of drug-likeness (QED) is 0.881. The third kappa shape index (κ3) is 3.29. The first-order chi connectivity index (χ1) is 11.2. The number of hydrogen-bond donors (Lipinski definition) is 2. The van der Waals surface area contributed by atoms with Crippen LogP contribution in [0.5, 0.6) is 0 Å². The summed E-state index contributed by atoms with van der Waals surface area (Å²) < 4.78 is 37.8. The van der Waals surface area contributed by atoms with Gasteiger partial charge in [0.25, 0.3) is 0 Å². The van der Waals surface area contributed by atoms with Crippen LogP contribution in [-0.2, 0) is 11.0 Å². The fourth-order valence-corrected chi connectivity index (χ4v) is 3.72. The van der Waals surface area contributed by atoms with Gasteiger partial charge in [-0.25, -0.2) is 0 Å². The van der Waals surface area contributed by atoms with Gasteiger partial charge in [0.05, 0.1) is 12.2 Å². The van der Waals surface area contributed by atoms with Gasteiger partial charge >= 0.3 is 6.18 Å². The standard InChI is InChI=1S/C18H22F3NO2/c1-17(10-23)8-2-3-15(17)22-16(24)14-9-13(14)11-4-6-12(7-5-11)18(19,20)21/h4-7,13-15,23H,2-3,8-10H2,1H3,(H,22,24). The van der Waals surface area contributed by atoms with E-state index >= 15 is 0 Å². The fraction of sp³-hybridized carbons (Fsp3) is 0.611. The molecule has 0 bridgehead atoms. The number of hydrogen-bond acceptors (Lipinski definition) is 2. The van der Waals surface area contributed by atoms with Crippen molar-refractivity contribution in [3.63, 3.8) is 0 Å². The molecule has 2 aliphatic rings. The molecule has 0 aliphatic heterocycles. The number of nitrogens with one attached hydrogen (secondary N) is 1. The zero-order valence-corrected chi connectivity index (χ0v) is 13.6. The van der Waals surface area contributed by atoms with Crippen molar-refractivity contribution in [1.29, 1.82) is 0 Å². The molecule has 4 unspecified atom stereocenters. The summed E-state index contributed by atoms with van der Waals surface area (Å²) in [6.45, 7) is 2.02. The minimum Gasteiger partial charge on any atom is -0.396 e. The van der Waals surface area contributed by atoms with Crippen LogP contribution in [0.1, 0.15) is 49.7 Å². The zero-order chi connectivity index (χ0) is 17.5. The lowest BCUT2D eigenvalue weighted by molar-refractivity contribution is -0.137. The van der Waals surface area contributed by atoms with E-state index in [1.165, 1.54) is 12.1 Å². The van der Waals surface area contributed by atoms with Gasteiger partial charge in [-0.3, -0.25) is 4.79 Å². The van der Waals surface area contributed by atoms with E-state index in [0.29, 0.717) is 6.42 Å². The number of aliphatic hydroxyl groups excluding tert-OH is 1. The molecule has 6 heteroatoms. The minimum atomic E-state index is -4.34. The number of halogens is 3. The van der Waals surface area contributed by atoms with Crippen LogP contribution in [0.4, 0.5) is 13.2 Å². The van der Waals surface area contributed by atoms with Gasteiger partial charge in [0.15, 0.2) is 0 Å². The highest BCUT2D eigenvalue weighted by Crippen LogP contribution is 2.48. The summed E-state index contributed by atoms with van der Waals surface area (Å²) in [5.41, 5.74) is -0.161. The Morgan fingerprint density at radius 1 is 1.33 bits per heavy atom. The Labute approximate surface area is 139 Å². The molecule has 132 valence electrons. The second-order valence-electron chi connectivity index (χ2n) is 7.33. The first kappa shape index (κ1) is 17.3. The van der Waals surface area contributed by atoms with Gasteiger partial charge in [-0.05, 0) is 42.9 Å². The van der Waals surface area contributed by atoms with Crippen LogP contribution in [0.25, 0.3) is 0 Å². The molecule has 0 heterocycles. The largest absolute Gasteiger partial charge is 0.416 e. The highest BCUT2D eigenvalue weighted by molar-refractivity contribution is 5.83. The Morgan fingerprint density at radius 2 is 2.00 bits per heavy atom. The molecule has 2 fully saturated rings. The van der Waals surface area contributed by atoms with Crippen LogP contribution in [0.3, 0.4) is 0 Å². The fourth-order valence-electron chi connectivity index (χ4n) is 3.72. The predicted molar refractivity (Wildman–Crippen MR) is 83.3 cm³/mol. The Hall–Kier alpha value is -1.56. The number of carbonyl (C=O) groups excluding carboxylic acids is 1. The molecule has 0 aromatic heterocycles. The van der Waals surface area contributed by atoms with Crippen molar-refractivity contribution in [2.75, 3.05) is 6.61 Å². The van der Waals surface area contributed by atoms with E-state index in [4.69, 9.17) is 0 Å². The monoisotopic (exact) mass is 341 g/mol. The number of rotatable bonds is 4. The van der Waals surface area contributed by atoms with Crippen LogP contribution in [-0.4, -0.2) is 23.7 Å². The molecule has 1 aromatic carbocycles. The van der Waals surface area contributed by atoms with Crippen LogP contribution in [0.2, 0.25) is 0 Å². The first-order valence-corrected chi connectivity index (χ1v) is 8.33. The van der Waals surface area contributed by atoms with Gasteiger partial charge in [-0.15, -0.1) is 0 Å². The Morgan fingerprint density at radius 3 is 2.58 bits per heavy atom. The van der Waals surface area contributed by atoms with Crippen LogP contribution < -0.4 is 5.32 Å². The summed E-state index contributed by atoms with van der Waals surface area (Å²) in [6, 6.07) is 5.05. The molecule has 24 heavy (non-hydrogen) atoms. The maximum atomic E-state index is 12.6. The second-order valence-corrected chi connectivity index (χ2v) is 7.33. The van der Waals surface area contributed by atoms with Gasteiger partial charge in [0.2, 0.25) is 5.91 Å². The lowest BCUT2D eigenvalue weighted by atomic mass is 9.85. The van der Waals surface area contributed by atoms with Crippen LogP contribution in [0, 0.1) is 11.3 Å². The van der Waals surface area contributed by atoms with E-state index in [1.54, 1.807) is 0 Å². The summed E-state index contributed by atoms with van der Waals surface area (Å²) in [7, 11) is 0. The number of alkyl halides is 3. The van der Waals surface area contributed by atoms with Crippen LogP contribution in [0.15, 0.2) is 24.3 Å². The van der Waals surface area contributed by atoms with Crippen molar-refractivity contribution < 1.29 is 23.1 Å². The highest BCUT2D eigenvalue weighted by atomic mass is 19.4. The van der Waals surface area contributed by atoms with Gasteiger partial charge in [0, 0.05) is 17.4 Å². The van der Waals surface area contributed by atoms with Gasteiger partial charge in [-0.2, -0.15) is 13.2 Å². The number of carbonyl (C=O) groups is 1. The van der Waals surface area contributed by atoms with Crippen LogP contribution >= 0.6 is 0 Å². The number of benzene rings is 1. The van der Waals surface area contributed by atoms with E-state index in [2.05, 4.69) is 5.32 Å². The number of aliphatic hydroxyl groups is 1. The van der Waals surface area contributed by atoms with Gasteiger partial charge < -0.3 is 10.4 Å². The molecule has 3 rings (SSSR count). The third-order valence-electron chi connectivity index (χ3n) is 5.55. The summed E-state index contributed by atoms with van der Waals surface area (Å²) in [6.07, 6.45) is -0.938. The van der Waals surface area contributed by atoms with E-state index in [9.17, 15) is 23.1 Å². The van der Waals surface area contributed by atoms with E-state index < -0.39 is 11.7 Å². The molecule has 2 saturated carbocycles. The predicted octanol–water partition coefficient (Wildman–Crippen LogP) is 3.48. The first-order valence-electron chi connectivity index (χ1n) is 8.33. The van der Waals surface area contributed by atoms with Crippen molar-refractivity contribution in [3.05, 3.63) is 35.4 Å². The molecule has 2 aliphatic carbocycles. The number of amides is 1. The Kier molecular flexibility index (Phi) is 4.36. The topological polar surface area (TPSA) is 49.3 Å². The van der Waals surface area contributed by atoms with Crippen molar-refractivity contribution >= 4 is 5.91 Å². The second kappa shape index (κ2) is 6.06. The summed E-state index contributed by atoms with van der Waals surface area (Å²) >= 11 is 0. The average Bonchev–Trinajstić information content (AvgIpc) is 3.26. The zero-order valence-electron chi connectivity index (χ0n) is 13.6. The Bertz CT molecular complexity index is 614. The maximum absolute atomic E-state index is 12.6. The normalized spacial score (nSPS) is 32.6. The van der Waals surface area contributed by atoms with E-state index in [1.807, 2.05) is 6.92 Å². The van der Waals surface area contributed by atoms with E-state index in [-0.39, 0.29) is 35.8 Å². The van der Waals surface area contributed by atoms with Crippen molar-refractivity contribution in [2.45, 2.75) is 50.7 Å². The molecule has 1 amide bonds. The molecule has 3 nitrogen and oxygen atoms in total. The molecule has 2 N–H and O–H groups in total. The minimum absolute atomic E-state index is 0.00549. The maximum Gasteiger partial charge on any atom is 0.416 e. The molecule has 0 spiro atoms. The summed E-state index contributed by atoms with van der Waals surface area (Å²) in [5, 5.41) is 12.6. The van der Waals surface area contributed by atoms with Crippen molar-refractivity contribution in [3.8, 4) is 0 Å². The van der Waals surface area contributed by atoms with Crippen molar-refractivity contribution in [2.24, 2.45) is 11.3 Å². The lowest BCUT2D eigenvalue weighted by Gasteiger charge is -2.30.